The molecule has 0 spiro atoms. The molecule has 0 unspecified atom stereocenters. The summed E-state index contributed by atoms with van der Waals surface area (Å²) in [4.78, 5) is 5.84. The lowest BCUT2D eigenvalue weighted by atomic mass is 10.1. The third-order valence-corrected chi connectivity index (χ3v) is 4.20. The molecule has 4 heteroatoms. The molecule has 1 aliphatic heterocycles. The second-order valence-electron chi connectivity index (χ2n) is 5.17. The van der Waals surface area contributed by atoms with Gasteiger partial charge in [-0.25, -0.2) is 0 Å². The summed E-state index contributed by atoms with van der Waals surface area (Å²) >= 11 is 6.19. The first-order valence-corrected chi connectivity index (χ1v) is 7.40. The van der Waals surface area contributed by atoms with E-state index in [9.17, 15) is 0 Å². The highest BCUT2D eigenvalue weighted by molar-refractivity contribution is 6.35. The van der Waals surface area contributed by atoms with E-state index in [1.807, 2.05) is 12.1 Å². The van der Waals surface area contributed by atoms with E-state index in [2.05, 4.69) is 27.5 Å². The minimum atomic E-state index is 0.808. The maximum absolute atomic E-state index is 6.19. The highest BCUT2D eigenvalue weighted by atomic mass is 35.5. The van der Waals surface area contributed by atoms with E-state index < -0.39 is 0 Å². The van der Waals surface area contributed by atoms with E-state index in [0.29, 0.717) is 0 Å². The second kappa shape index (κ2) is 5.95. The Morgan fingerprint density at radius 2 is 2.16 bits per heavy atom. The number of para-hydroxylation sites is 1. The summed E-state index contributed by atoms with van der Waals surface area (Å²) < 4.78 is 0. The molecule has 0 bridgehead atoms. The van der Waals surface area contributed by atoms with Crippen LogP contribution in [0.4, 0.5) is 0 Å². The summed E-state index contributed by atoms with van der Waals surface area (Å²) in [5.41, 5.74) is 2.44. The minimum absolute atomic E-state index is 0.808. The smallest absolute Gasteiger partial charge is 0.0647 e. The maximum atomic E-state index is 6.19. The van der Waals surface area contributed by atoms with Crippen LogP contribution in [0.1, 0.15) is 12.0 Å². The number of fused-ring (bicyclic) bond motifs is 1. The average molecular weight is 278 g/mol. The van der Waals surface area contributed by atoms with E-state index in [-0.39, 0.29) is 0 Å². The van der Waals surface area contributed by atoms with Crippen LogP contribution in [-0.4, -0.2) is 42.6 Å². The average Bonchev–Trinajstić information content (AvgIpc) is 2.67. The molecule has 1 saturated heterocycles. The van der Waals surface area contributed by atoms with Gasteiger partial charge >= 0.3 is 0 Å². The molecule has 0 aliphatic carbocycles. The molecular weight excluding hydrogens is 258 g/mol. The van der Waals surface area contributed by atoms with Gasteiger partial charge in [-0.3, -0.25) is 0 Å². The molecule has 0 atom stereocenters. The summed E-state index contributed by atoms with van der Waals surface area (Å²) in [5, 5.41) is 5.51. The van der Waals surface area contributed by atoms with Crippen LogP contribution >= 0.6 is 11.6 Å². The second-order valence-corrected chi connectivity index (χ2v) is 5.58. The number of H-pyrrole nitrogens is 1. The van der Waals surface area contributed by atoms with Gasteiger partial charge in [0, 0.05) is 31.2 Å². The van der Waals surface area contributed by atoms with Crippen LogP contribution < -0.4 is 5.32 Å². The maximum Gasteiger partial charge on any atom is 0.0647 e. The Bertz CT molecular complexity index is 541. The van der Waals surface area contributed by atoms with Gasteiger partial charge in [-0.05, 0) is 37.6 Å². The van der Waals surface area contributed by atoms with Gasteiger partial charge in [0.05, 0.1) is 10.5 Å². The first-order valence-electron chi connectivity index (χ1n) is 7.02. The predicted octanol–water partition coefficient (Wildman–Crippen LogP) is 2.66. The third kappa shape index (κ3) is 2.94. The van der Waals surface area contributed by atoms with Crippen molar-refractivity contribution in [2.45, 2.75) is 12.8 Å². The van der Waals surface area contributed by atoms with Crippen molar-refractivity contribution in [3.8, 4) is 0 Å². The molecule has 19 heavy (non-hydrogen) atoms. The molecule has 3 rings (SSSR count). The van der Waals surface area contributed by atoms with Gasteiger partial charge in [-0.1, -0.05) is 23.7 Å². The number of aromatic amines is 1. The third-order valence-electron chi connectivity index (χ3n) is 3.88. The molecule has 102 valence electrons. The van der Waals surface area contributed by atoms with E-state index in [4.69, 9.17) is 11.6 Å². The summed E-state index contributed by atoms with van der Waals surface area (Å²) in [6, 6.07) is 6.11. The van der Waals surface area contributed by atoms with Crippen molar-refractivity contribution in [3.63, 3.8) is 0 Å². The Hall–Kier alpha value is -1.03. The first-order chi connectivity index (χ1) is 9.34. The van der Waals surface area contributed by atoms with Gasteiger partial charge < -0.3 is 15.2 Å². The molecule has 0 amide bonds. The van der Waals surface area contributed by atoms with Crippen LogP contribution in [0.15, 0.2) is 24.4 Å². The Balaban J connectivity index is 1.69. The number of nitrogens with one attached hydrogen (secondary N) is 2. The zero-order valence-electron chi connectivity index (χ0n) is 11.1. The van der Waals surface area contributed by atoms with E-state index in [1.165, 1.54) is 23.9 Å². The van der Waals surface area contributed by atoms with E-state index >= 15 is 0 Å². The van der Waals surface area contributed by atoms with Crippen molar-refractivity contribution < 1.29 is 0 Å². The molecule has 2 aromatic rings. The molecule has 2 heterocycles. The van der Waals surface area contributed by atoms with Gasteiger partial charge in [0.15, 0.2) is 0 Å². The van der Waals surface area contributed by atoms with Crippen molar-refractivity contribution in [2.75, 3.05) is 32.7 Å². The van der Waals surface area contributed by atoms with Crippen LogP contribution in [0, 0.1) is 0 Å². The lowest BCUT2D eigenvalue weighted by molar-refractivity contribution is 0.296. The highest BCUT2D eigenvalue weighted by Gasteiger charge is 2.10. The number of nitrogens with zero attached hydrogens (tertiary/aromatic N) is 1. The van der Waals surface area contributed by atoms with Crippen molar-refractivity contribution in [1.82, 2.24) is 15.2 Å². The van der Waals surface area contributed by atoms with Gasteiger partial charge in [0.2, 0.25) is 0 Å². The molecule has 1 aromatic heterocycles. The zero-order valence-corrected chi connectivity index (χ0v) is 11.8. The van der Waals surface area contributed by atoms with Gasteiger partial charge in [0.25, 0.3) is 0 Å². The van der Waals surface area contributed by atoms with Crippen molar-refractivity contribution in [1.29, 1.82) is 0 Å². The Morgan fingerprint density at radius 3 is 3.11 bits per heavy atom. The van der Waals surface area contributed by atoms with Gasteiger partial charge in [-0.15, -0.1) is 0 Å². The quantitative estimate of drug-likeness (QED) is 0.904. The largest absolute Gasteiger partial charge is 0.360 e. The number of rotatable bonds is 3. The molecule has 1 aliphatic rings. The minimum Gasteiger partial charge on any atom is -0.360 e. The van der Waals surface area contributed by atoms with Crippen molar-refractivity contribution in [2.24, 2.45) is 0 Å². The van der Waals surface area contributed by atoms with Crippen molar-refractivity contribution in [3.05, 3.63) is 35.0 Å². The Labute approximate surface area is 118 Å². The Kier molecular flexibility index (Phi) is 4.06. The topological polar surface area (TPSA) is 31.1 Å². The molecule has 0 radical (unpaired) electrons. The fraction of sp³-hybridized carbons (Fsp3) is 0.467. The van der Waals surface area contributed by atoms with Gasteiger partial charge in [0.1, 0.15) is 0 Å². The van der Waals surface area contributed by atoms with E-state index in [0.717, 1.165) is 43.1 Å². The lowest BCUT2D eigenvalue weighted by Gasteiger charge is -2.18. The van der Waals surface area contributed by atoms with Crippen molar-refractivity contribution >= 4 is 22.5 Å². The molecule has 3 nitrogen and oxygen atoms in total. The number of hydrogen-bond acceptors (Lipinski definition) is 2. The molecular formula is C15H20ClN3. The number of halogens is 1. The summed E-state index contributed by atoms with van der Waals surface area (Å²) in [5.74, 6) is 0. The fourth-order valence-corrected chi connectivity index (χ4v) is 3.02. The van der Waals surface area contributed by atoms with Crippen LogP contribution in [0.5, 0.6) is 0 Å². The summed E-state index contributed by atoms with van der Waals surface area (Å²) in [6.07, 6.45) is 4.44. The van der Waals surface area contributed by atoms with Gasteiger partial charge in [-0.2, -0.15) is 0 Å². The highest BCUT2D eigenvalue weighted by Crippen LogP contribution is 2.25. The molecule has 2 N–H and O–H groups in total. The number of benzene rings is 1. The molecule has 0 saturated carbocycles. The zero-order chi connectivity index (χ0) is 13.1. The summed E-state index contributed by atoms with van der Waals surface area (Å²) in [7, 11) is 0. The molecule has 1 fully saturated rings. The number of hydrogen-bond donors (Lipinski definition) is 2. The van der Waals surface area contributed by atoms with Crippen LogP contribution in [0.2, 0.25) is 5.02 Å². The number of aromatic nitrogens is 1. The lowest BCUT2D eigenvalue weighted by Crippen LogP contribution is -2.30. The van der Waals surface area contributed by atoms with Crippen LogP contribution in [0.3, 0.4) is 0 Å². The standard InChI is InChI=1S/C15H20ClN3/c16-14-4-1-3-13-12(11-18-15(13)14)5-9-19-8-2-6-17-7-10-19/h1,3-4,11,17-18H,2,5-10H2. The predicted molar refractivity (Wildman–Crippen MR) is 80.9 cm³/mol. The monoisotopic (exact) mass is 277 g/mol. The normalized spacial score (nSPS) is 17.7. The molecule has 1 aromatic carbocycles. The Morgan fingerprint density at radius 1 is 1.21 bits per heavy atom. The van der Waals surface area contributed by atoms with Crippen LogP contribution in [0.25, 0.3) is 10.9 Å². The van der Waals surface area contributed by atoms with E-state index in [1.54, 1.807) is 0 Å². The fourth-order valence-electron chi connectivity index (χ4n) is 2.79. The SMILES string of the molecule is Clc1cccc2c(CCN3CCCNCC3)c[nH]c12. The van der Waals surface area contributed by atoms with Crippen LogP contribution in [-0.2, 0) is 6.42 Å². The summed E-state index contributed by atoms with van der Waals surface area (Å²) in [6.45, 7) is 5.75. The first kappa shape index (κ1) is 13.0.